The molecule has 0 radical (unpaired) electrons. The molecule has 0 N–H and O–H groups in total. The number of hydrogen-bond donors (Lipinski definition) is 0. The molecule has 4 nitrogen and oxygen atoms in total. The molecule has 0 bridgehead atoms. The van der Waals surface area contributed by atoms with Gasteiger partial charge in [0.1, 0.15) is 17.6 Å². The van der Waals surface area contributed by atoms with Crippen molar-refractivity contribution in [2.45, 2.75) is 26.9 Å². The minimum Gasteiger partial charge on any atom is -0.466 e. The zero-order valence-electron chi connectivity index (χ0n) is 13.3. The number of nitrogens with zero attached hydrogens (tertiary/aromatic N) is 1. The van der Waals surface area contributed by atoms with E-state index in [1.807, 2.05) is 56.0 Å². The lowest BCUT2D eigenvalue weighted by Crippen LogP contribution is -2.42. The zero-order valence-corrected chi connectivity index (χ0v) is 13.3. The number of furan rings is 1. The molecule has 3 rings (SSSR count). The van der Waals surface area contributed by atoms with Crippen LogP contribution < -0.4 is 0 Å². The monoisotopic (exact) mass is 299 g/mol. The molecular weight excluding hydrogens is 278 g/mol. The summed E-state index contributed by atoms with van der Waals surface area (Å²) in [6.45, 7) is 7.43. The number of morpholine rings is 1. The Kier molecular flexibility index (Phi) is 4.03. The summed E-state index contributed by atoms with van der Waals surface area (Å²) in [6.07, 6.45) is -0.0625. The summed E-state index contributed by atoms with van der Waals surface area (Å²) < 4.78 is 11.4. The molecule has 2 heterocycles. The third kappa shape index (κ3) is 2.66. The number of aryl methyl sites for hydroxylation is 2. The van der Waals surface area contributed by atoms with Crippen molar-refractivity contribution in [1.82, 2.24) is 4.90 Å². The van der Waals surface area contributed by atoms with Gasteiger partial charge < -0.3 is 14.1 Å². The van der Waals surface area contributed by atoms with Gasteiger partial charge in [-0.1, -0.05) is 30.3 Å². The predicted molar refractivity (Wildman–Crippen MR) is 84.0 cm³/mol. The molecule has 1 aliphatic heterocycles. The van der Waals surface area contributed by atoms with Crippen LogP contribution in [-0.4, -0.2) is 30.5 Å². The van der Waals surface area contributed by atoms with E-state index in [0.717, 1.165) is 16.9 Å². The molecule has 0 spiro atoms. The summed E-state index contributed by atoms with van der Waals surface area (Å²) in [5.41, 5.74) is 2.74. The molecule has 1 aromatic carbocycles. The molecule has 1 amide bonds. The molecule has 1 saturated heterocycles. The largest absolute Gasteiger partial charge is 0.466 e. The fourth-order valence-corrected chi connectivity index (χ4v) is 2.97. The highest BCUT2D eigenvalue weighted by molar-refractivity contribution is 5.97. The van der Waals surface area contributed by atoms with Crippen LogP contribution in [0, 0.1) is 20.8 Å². The second kappa shape index (κ2) is 5.97. The minimum absolute atomic E-state index is 0.0380. The van der Waals surface area contributed by atoms with Crippen molar-refractivity contribution in [2.75, 3.05) is 19.7 Å². The molecule has 1 fully saturated rings. The van der Waals surface area contributed by atoms with Crippen LogP contribution in [0.3, 0.4) is 0 Å². The van der Waals surface area contributed by atoms with E-state index >= 15 is 0 Å². The first kappa shape index (κ1) is 14.9. The van der Waals surface area contributed by atoms with E-state index < -0.39 is 0 Å². The van der Waals surface area contributed by atoms with Gasteiger partial charge in [0.25, 0.3) is 5.91 Å². The van der Waals surface area contributed by atoms with Crippen LogP contribution in [0.1, 0.15) is 39.1 Å². The number of carbonyl (C=O) groups excluding carboxylic acids is 1. The number of hydrogen-bond acceptors (Lipinski definition) is 3. The van der Waals surface area contributed by atoms with Crippen LogP contribution in [0.2, 0.25) is 0 Å². The maximum Gasteiger partial charge on any atom is 0.257 e. The first-order chi connectivity index (χ1) is 10.6. The van der Waals surface area contributed by atoms with Gasteiger partial charge in [0.2, 0.25) is 0 Å². The normalized spacial score (nSPS) is 18.5. The summed E-state index contributed by atoms with van der Waals surface area (Å²) >= 11 is 0. The fraction of sp³-hybridized carbons (Fsp3) is 0.389. The molecular formula is C18H21NO3. The molecule has 1 aromatic heterocycles. The van der Waals surface area contributed by atoms with Crippen molar-refractivity contribution in [2.24, 2.45) is 0 Å². The second-order valence-electron chi connectivity index (χ2n) is 5.74. The molecule has 116 valence electrons. The summed E-state index contributed by atoms with van der Waals surface area (Å²) in [5, 5.41) is 0. The molecule has 4 heteroatoms. The van der Waals surface area contributed by atoms with Crippen LogP contribution in [0.5, 0.6) is 0 Å². The Morgan fingerprint density at radius 2 is 1.86 bits per heavy atom. The Bertz CT molecular complexity index is 675. The number of ether oxygens (including phenoxy) is 1. The molecule has 1 aliphatic rings. The SMILES string of the molecule is Cc1oc(C)c(C(=O)N2CCOC(c3ccccc3)C2)c1C. The summed E-state index contributed by atoms with van der Waals surface area (Å²) in [4.78, 5) is 14.7. The van der Waals surface area contributed by atoms with Gasteiger partial charge in [0.05, 0.1) is 18.7 Å². The number of amides is 1. The molecule has 0 aliphatic carbocycles. The number of carbonyl (C=O) groups is 1. The lowest BCUT2D eigenvalue weighted by molar-refractivity contribution is -0.0229. The van der Waals surface area contributed by atoms with Gasteiger partial charge >= 0.3 is 0 Å². The van der Waals surface area contributed by atoms with Gasteiger partial charge in [-0.3, -0.25) is 4.79 Å². The standard InChI is InChI=1S/C18H21NO3/c1-12-13(2)22-14(3)17(12)18(20)19-9-10-21-16(11-19)15-7-5-4-6-8-15/h4-8,16H,9-11H2,1-3H3. The van der Waals surface area contributed by atoms with Crippen molar-refractivity contribution in [1.29, 1.82) is 0 Å². The highest BCUT2D eigenvalue weighted by Crippen LogP contribution is 2.26. The average Bonchev–Trinajstić information content (AvgIpc) is 2.80. The van der Waals surface area contributed by atoms with Crippen molar-refractivity contribution >= 4 is 5.91 Å². The van der Waals surface area contributed by atoms with Crippen molar-refractivity contribution in [3.05, 3.63) is 58.5 Å². The number of rotatable bonds is 2. The lowest BCUT2D eigenvalue weighted by Gasteiger charge is -2.33. The van der Waals surface area contributed by atoms with Crippen molar-refractivity contribution in [3.63, 3.8) is 0 Å². The van der Waals surface area contributed by atoms with Crippen LogP contribution in [-0.2, 0) is 4.74 Å². The predicted octanol–water partition coefficient (Wildman–Crippen LogP) is 3.42. The molecule has 22 heavy (non-hydrogen) atoms. The van der Waals surface area contributed by atoms with Gasteiger partial charge in [-0.05, 0) is 26.3 Å². The van der Waals surface area contributed by atoms with E-state index in [1.54, 1.807) is 0 Å². The van der Waals surface area contributed by atoms with Gasteiger partial charge in [0, 0.05) is 12.1 Å². The first-order valence-electron chi connectivity index (χ1n) is 7.60. The van der Waals surface area contributed by atoms with Gasteiger partial charge in [-0.15, -0.1) is 0 Å². The van der Waals surface area contributed by atoms with E-state index in [-0.39, 0.29) is 12.0 Å². The van der Waals surface area contributed by atoms with E-state index in [0.29, 0.717) is 31.0 Å². The Morgan fingerprint density at radius 3 is 2.50 bits per heavy atom. The number of benzene rings is 1. The highest BCUT2D eigenvalue weighted by Gasteiger charge is 2.29. The van der Waals surface area contributed by atoms with Gasteiger partial charge in [-0.25, -0.2) is 0 Å². The Hall–Kier alpha value is -2.07. The summed E-state index contributed by atoms with van der Waals surface area (Å²) in [6, 6.07) is 10.0. The highest BCUT2D eigenvalue weighted by atomic mass is 16.5. The van der Waals surface area contributed by atoms with Gasteiger partial charge in [-0.2, -0.15) is 0 Å². The average molecular weight is 299 g/mol. The van der Waals surface area contributed by atoms with E-state index in [1.165, 1.54) is 0 Å². The Balaban J connectivity index is 1.81. The second-order valence-corrected chi connectivity index (χ2v) is 5.74. The molecule has 2 aromatic rings. The third-order valence-corrected chi connectivity index (χ3v) is 4.30. The summed E-state index contributed by atoms with van der Waals surface area (Å²) in [5.74, 6) is 1.55. The van der Waals surface area contributed by atoms with Crippen LogP contribution >= 0.6 is 0 Å². The Morgan fingerprint density at radius 1 is 1.14 bits per heavy atom. The lowest BCUT2D eigenvalue weighted by atomic mass is 10.1. The van der Waals surface area contributed by atoms with Crippen LogP contribution in [0.4, 0.5) is 0 Å². The van der Waals surface area contributed by atoms with E-state index in [4.69, 9.17) is 9.15 Å². The maximum absolute atomic E-state index is 12.8. The fourth-order valence-electron chi connectivity index (χ4n) is 2.97. The molecule has 1 atom stereocenters. The zero-order chi connectivity index (χ0) is 15.7. The van der Waals surface area contributed by atoms with Crippen LogP contribution in [0.15, 0.2) is 34.7 Å². The van der Waals surface area contributed by atoms with Crippen LogP contribution in [0.25, 0.3) is 0 Å². The maximum atomic E-state index is 12.8. The van der Waals surface area contributed by atoms with Crippen molar-refractivity contribution in [3.8, 4) is 0 Å². The summed E-state index contributed by atoms with van der Waals surface area (Å²) in [7, 11) is 0. The van der Waals surface area contributed by atoms with Gasteiger partial charge in [0.15, 0.2) is 0 Å². The van der Waals surface area contributed by atoms with Crippen molar-refractivity contribution < 1.29 is 13.9 Å². The Labute approximate surface area is 130 Å². The topological polar surface area (TPSA) is 42.7 Å². The van der Waals surface area contributed by atoms with E-state index in [9.17, 15) is 4.79 Å². The minimum atomic E-state index is -0.0625. The third-order valence-electron chi connectivity index (χ3n) is 4.30. The molecule has 0 saturated carbocycles. The first-order valence-corrected chi connectivity index (χ1v) is 7.60. The van der Waals surface area contributed by atoms with E-state index in [2.05, 4.69) is 0 Å². The molecule has 1 unspecified atom stereocenters. The quantitative estimate of drug-likeness (QED) is 0.853. The smallest absolute Gasteiger partial charge is 0.257 e.